The van der Waals surface area contributed by atoms with E-state index in [1.54, 1.807) is 29.5 Å². The Hall–Kier alpha value is -2.34. The van der Waals surface area contributed by atoms with Crippen LogP contribution in [-0.4, -0.2) is 17.1 Å². The van der Waals surface area contributed by atoms with Crippen LogP contribution in [0.5, 0.6) is 0 Å². The number of nitrogens with one attached hydrogen (secondary N) is 2. The number of anilines is 1. The lowest BCUT2D eigenvalue weighted by Gasteiger charge is -2.09. The van der Waals surface area contributed by atoms with Crippen LogP contribution in [0.3, 0.4) is 0 Å². The molecule has 0 spiro atoms. The number of carboxylic acids is 1. The van der Waals surface area contributed by atoms with Gasteiger partial charge in [-0.1, -0.05) is 18.2 Å². The van der Waals surface area contributed by atoms with Gasteiger partial charge in [0.05, 0.1) is 17.8 Å². The highest BCUT2D eigenvalue weighted by Gasteiger charge is 2.11. The van der Waals surface area contributed by atoms with Gasteiger partial charge in [-0.25, -0.2) is 9.59 Å². The molecule has 0 bridgehead atoms. The molecule has 0 unspecified atom stereocenters. The molecule has 5 nitrogen and oxygen atoms in total. The van der Waals surface area contributed by atoms with Crippen LogP contribution in [0.4, 0.5) is 10.5 Å². The Labute approximate surface area is 113 Å². The van der Waals surface area contributed by atoms with Gasteiger partial charge in [-0.2, -0.15) is 0 Å². The molecule has 19 heavy (non-hydrogen) atoms. The van der Waals surface area contributed by atoms with Crippen LogP contribution in [0.1, 0.15) is 15.2 Å². The normalized spacial score (nSPS) is 9.89. The van der Waals surface area contributed by atoms with E-state index in [0.29, 0.717) is 6.54 Å². The molecule has 2 amide bonds. The third kappa shape index (κ3) is 3.56. The third-order valence-electron chi connectivity index (χ3n) is 2.41. The lowest BCUT2D eigenvalue weighted by molar-refractivity contribution is 0.0698. The maximum Gasteiger partial charge on any atom is 0.337 e. The number of benzene rings is 1. The number of urea groups is 1. The van der Waals surface area contributed by atoms with Gasteiger partial charge in [0.2, 0.25) is 0 Å². The first-order valence-electron chi connectivity index (χ1n) is 5.56. The number of rotatable bonds is 4. The first-order valence-corrected chi connectivity index (χ1v) is 6.44. The van der Waals surface area contributed by atoms with Crippen molar-refractivity contribution in [3.63, 3.8) is 0 Å². The fourth-order valence-corrected chi connectivity index (χ4v) is 2.17. The number of carbonyl (C=O) groups excluding carboxylic acids is 1. The van der Waals surface area contributed by atoms with E-state index in [0.717, 1.165) is 4.88 Å². The second-order valence-electron chi connectivity index (χ2n) is 3.74. The number of hydrogen-bond acceptors (Lipinski definition) is 3. The van der Waals surface area contributed by atoms with Crippen LogP contribution >= 0.6 is 11.3 Å². The summed E-state index contributed by atoms with van der Waals surface area (Å²) in [5.41, 5.74) is 0.340. The van der Waals surface area contributed by atoms with Crippen LogP contribution in [0, 0.1) is 0 Å². The Morgan fingerprint density at radius 2 is 1.95 bits per heavy atom. The summed E-state index contributed by atoms with van der Waals surface area (Å²) >= 11 is 1.54. The van der Waals surface area contributed by atoms with Crippen LogP contribution in [0.15, 0.2) is 41.8 Å². The van der Waals surface area contributed by atoms with E-state index < -0.39 is 12.0 Å². The van der Waals surface area contributed by atoms with Gasteiger partial charge in [0, 0.05) is 4.88 Å². The summed E-state index contributed by atoms with van der Waals surface area (Å²) in [7, 11) is 0. The molecule has 98 valence electrons. The molecule has 0 radical (unpaired) electrons. The van der Waals surface area contributed by atoms with Gasteiger partial charge in [-0.05, 0) is 23.6 Å². The Morgan fingerprint density at radius 1 is 1.16 bits per heavy atom. The molecule has 2 rings (SSSR count). The van der Waals surface area contributed by atoms with Crippen molar-refractivity contribution in [2.24, 2.45) is 0 Å². The van der Waals surface area contributed by atoms with Gasteiger partial charge in [0.1, 0.15) is 0 Å². The highest BCUT2D eigenvalue weighted by molar-refractivity contribution is 7.09. The summed E-state index contributed by atoms with van der Waals surface area (Å²) in [6, 6.07) is 9.66. The number of aromatic carboxylic acids is 1. The largest absolute Gasteiger partial charge is 0.478 e. The Bertz CT molecular complexity index is 581. The van der Waals surface area contributed by atoms with Crippen molar-refractivity contribution in [2.45, 2.75) is 6.54 Å². The minimum atomic E-state index is -1.07. The zero-order valence-corrected chi connectivity index (χ0v) is 10.7. The number of carboxylic acid groups (broad SMARTS) is 1. The summed E-state index contributed by atoms with van der Waals surface area (Å²) in [5.74, 6) is -1.07. The van der Waals surface area contributed by atoms with Gasteiger partial charge in [-0.15, -0.1) is 11.3 Å². The number of thiophene rings is 1. The quantitative estimate of drug-likeness (QED) is 0.803. The molecule has 1 aromatic heterocycles. The maximum absolute atomic E-state index is 11.7. The fraction of sp³-hybridized carbons (Fsp3) is 0.0769. The highest BCUT2D eigenvalue weighted by Crippen LogP contribution is 2.14. The van der Waals surface area contributed by atoms with E-state index in [2.05, 4.69) is 10.6 Å². The predicted octanol–water partition coefficient (Wildman–Crippen LogP) is 2.77. The fourth-order valence-electron chi connectivity index (χ4n) is 1.53. The standard InChI is InChI=1S/C13H12N2O3S/c16-12(17)10-5-1-2-6-11(10)15-13(18)14-8-9-4-3-7-19-9/h1-7H,8H2,(H,16,17)(H2,14,15,18). The van der Waals surface area contributed by atoms with Crippen molar-refractivity contribution in [1.29, 1.82) is 0 Å². The smallest absolute Gasteiger partial charge is 0.337 e. The lowest BCUT2D eigenvalue weighted by Crippen LogP contribution is -2.28. The summed E-state index contributed by atoms with van der Waals surface area (Å²) < 4.78 is 0. The molecule has 6 heteroatoms. The molecule has 3 N–H and O–H groups in total. The molecule has 0 aliphatic carbocycles. The summed E-state index contributed by atoms with van der Waals surface area (Å²) in [5, 5.41) is 16.1. The van der Waals surface area contributed by atoms with Crippen molar-refractivity contribution in [1.82, 2.24) is 5.32 Å². The Balaban J connectivity index is 1.97. The zero-order valence-electron chi connectivity index (χ0n) is 9.92. The van der Waals surface area contributed by atoms with Gasteiger partial charge >= 0.3 is 12.0 Å². The van der Waals surface area contributed by atoms with Crippen molar-refractivity contribution in [3.05, 3.63) is 52.2 Å². The van der Waals surface area contributed by atoms with Crippen molar-refractivity contribution in [3.8, 4) is 0 Å². The average Bonchev–Trinajstić information content (AvgIpc) is 2.90. The Kier molecular flexibility index (Phi) is 4.15. The molecule has 0 saturated heterocycles. The summed E-state index contributed by atoms with van der Waals surface area (Å²) in [4.78, 5) is 23.7. The zero-order chi connectivity index (χ0) is 13.7. The molecule has 0 saturated carbocycles. The maximum atomic E-state index is 11.7. The van der Waals surface area contributed by atoms with Gasteiger partial charge in [-0.3, -0.25) is 0 Å². The van der Waals surface area contributed by atoms with Crippen molar-refractivity contribution >= 4 is 29.0 Å². The minimum Gasteiger partial charge on any atom is -0.478 e. The van der Waals surface area contributed by atoms with E-state index in [4.69, 9.17) is 5.11 Å². The predicted molar refractivity (Wildman–Crippen MR) is 73.6 cm³/mol. The number of amides is 2. The average molecular weight is 276 g/mol. The van der Waals surface area contributed by atoms with E-state index in [-0.39, 0.29) is 11.3 Å². The van der Waals surface area contributed by atoms with Crippen LogP contribution in [-0.2, 0) is 6.54 Å². The van der Waals surface area contributed by atoms with E-state index >= 15 is 0 Å². The SMILES string of the molecule is O=C(NCc1cccs1)Nc1ccccc1C(=O)O. The number of carbonyl (C=O) groups is 2. The van der Waals surface area contributed by atoms with Gasteiger partial charge in [0.25, 0.3) is 0 Å². The Morgan fingerprint density at radius 3 is 2.63 bits per heavy atom. The molecule has 2 aromatic rings. The van der Waals surface area contributed by atoms with Gasteiger partial charge < -0.3 is 15.7 Å². The monoisotopic (exact) mass is 276 g/mol. The van der Waals surface area contributed by atoms with Crippen LogP contribution in [0.2, 0.25) is 0 Å². The number of hydrogen-bond donors (Lipinski definition) is 3. The first-order chi connectivity index (χ1) is 9.16. The molecule has 0 atom stereocenters. The van der Waals surface area contributed by atoms with Crippen molar-refractivity contribution in [2.75, 3.05) is 5.32 Å². The topological polar surface area (TPSA) is 78.4 Å². The molecule has 0 aliphatic heterocycles. The molecule has 1 aromatic carbocycles. The van der Waals surface area contributed by atoms with Gasteiger partial charge in [0.15, 0.2) is 0 Å². The highest BCUT2D eigenvalue weighted by atomic mass is 32.1. The van der Waals surface area contributed by atoms with E-state index in [9.17, 15) is 9.59 Å². The third-order valence-corrected chi connectivity index (χ3v) is 3.29. The molecule has 0 fully saturated rings. The number of para-hydroxylation sites is 1. The van der Waals surface area contributed by atoms with Crippen LogP contribution in [0.25, 0.3) is 0 Å². The van der Waals surface area contributed by atoms with E-state index in [1.165, 1.54) is 6.07 Å². The first kappa shape index (κ1) is 13.1. The second kappa shape index (κ2) is 6.01. The lowest BCUT2D eigenvalue weighted by atomic mass is 10.2. The molecule has 0 aliphatic rings. The molecular formula is C13H12N2O3S. The van der Waals surface area contributed by atoms with Crippen molar-refractivity contribution < 1.29 is 14.7 Å². The molecular weight excluding hydrogens is 264 g/mol. The van der Waals surface area contributed by atoms with Crippen LogP contribution < -0.4 is 10.6 Å². The van der Waals surface area contributed by atoms with E-state index in [1.807, 2.05) is 17.5 Å². The summed E-state index contributed by atoms with van der Waals surface area (Å²) in [6.07, 6.45) is 0. The second-order valence-corrected chi connectivity index (χ2v) is 4.77. The minimum absolute atomic E-state index is 0.0637. The summed E-state index contributed by atoms with van der Waals surface area (Å²) in [6.45, 7) is 0.415. The molecule has 1 heterocycles.